The number of rotatable bonds is 1. The van der Waals surface area contributed by atoms with Gasteiger partial charge >= 0.3 is 0 Å². The molecular formula is C20H18Cl2N2O4. The minimum absolute atomic E-state index is 0.178. The molecule has 2 aromatic rings. The monoisotopic (exact) mass is 420 g/mol. The van der Waals surface area contributed by atoms with Crippen LogP contribution in [0.1, 0.15) is 15.9 Å². The highest BCUT2D eigenvalue weighted by Gasteiger charge is 2.22. The van der Waals surface area contributed by atoms with E-state index in [0.717, 1.165) is 5.56 Å². The highest BCUT2D eigenvalue weighted by molar-refractivity contribution is 6.32. The van der Waals surface area contributed by atoms with Crippen molar-refractivity contribution in [3.8, 4) is 11.5 Å². The van der Waals surface area contributed by atoms with Gasteiger partial charge in [-0.1, -0.05) is 29.3 Å². The molecule has 2 amide bonds. The van der Waals surface area contributed by atoms with Crippen molar-refractivity contribution in [1.29, 1.82) is 0 Å². The van der Waals surface area contributed by atoms with E-state index in [2.05, 4.69) is 5.32 Å². The zero-order chi connectivity index (χ0) is 20.1. The topological polar surface area (TPSA) is 90.7 Å². The van der Waals surface area contributed by atoms with Crippen molar-refractivity contribution in [2.45, 2.75) is 12.5 Å². The molecule has 1 unspecified atom stereocenters. The molecule has 3 N–H and O–H groups in total. The second-order valence-corrected chi connectivity index (χ2v) is 6.97. The lowest BCUT2D eigenvalue weighted by atomic mass is 10.0. The van der Waals surface area contributed by atoms with Gasteiger partial charge in [0.2, 0.25) is 5.91 Å². The highest BCUT2D eigenvalue weighted by Crippen LogP contribution is 2.27. The molecule has 2 aliphatic rings. The van der Waals surface area contributed by atoms with Gasteiger partial charge in [0.15, 0.2) is 0 Å². The third kappa shape index (κ3) is 4.97. The van der Waals surface area contributed by atoms with Gasteiger partial charge in [-0.2, -0.15) is 0 Å². The first-order valence-electron chi connectivity index (χ1n) is 8.53. The molecule has 6 nitrogen and oxygen atoms in total. The predicted octanol–water partition coefficient (Wildman–Crippen LogP) is 3.15. The van der Waals surface area contributed by atoms with Crippen molar-refractivity contribution in [3.05, 3.63) is 69.7 Å². The van der Waals surface area contributed by atoms with Crippen LogP contribution in [0.5, 0.6) is 11.5 Å². The number of ether oxygens (including phenoxy) is 2. The quantitative estimate of drug-likeness (QED) is 0.693. The van der Waals surface area contributed by atoms with Crippen LogP contribution in [0.15, 0.2) is 48.6 Å². The Morgan fingerprint density at radius 2 is 1.71 bits per heavy atom. The van der Waals surface area contributed by atoms with Gasteiger partial charge in [-0.05, 0) is 48.0 Å². The van der Waals surface area contributed by atoms with Crippen molar-refractivity contribution < 1.29 is 19.1 Å². The molecule has 2 aromatic carbocycles. The van der Waals surface area contributed by atoms with E-state index in [1.165, 1.54) is 6.07 Å². The van der Waals surface area contributed by atoms with Crippen LogP contribution in [-0.2, 0) is 11.2 Å². The molecule has 0 fully saturated rings. The van der Waals surface area contributed by atoms with Crippen LogP contribution in [-0.4, -0.2) is 31.1 Å². The van der Waals surface area contributed by atoms with Crippen LogP contribution < -0.4 is 20.5 Å². The highest BCUT2D eigenvalue weighted by atomic mass is 35.5. The van der Waals surface area contributed by atoms with Crippen molar-refractivity contribution in [1.82, 2.24) is 5.32 Å². The van der Waals surface area contributed by atoms with E-state index in [1.54, 1.807) is 42.5 Å². The molecule has 4 rings (SSSR count). The van der Waals surface area contributed by atoms with Gasteiger partial charge in [-0.25, -0.2) is 0 Å². The summed E-state index contributed by atoms with van der Waals surface area (Å²) in [5.41, 5.74) is 6.42. The number of benzene rings is 2. The Labute approximate surface area is 172 Å². The summed E-state index contributed by atoms with van der Waals surface area (Å²) in [4.78, 5) is 24.7. The minimum Gasteiger partial charge on any atom is -0.489 e. The van der Waals surface area contributed by atoms with Crippen molar-refractivity contribution >= 4 is 35.0 Å². The summed E-state index contributed by atoms with van der Waals surface area (Å²) in [6.07, 6.45) is 3.73. The normalized spacial score (nSPS) is 17.2. The standard InChI is InChI=1S/C20H18Cl2N2O4/c21-13-4-6-17-14(11-13)20(26)24-16(19(23)25)10-12-3-5-18(15(22)9-12)28-8-2-1-7-27-17/h1-6,9,11,16H,7-8,10H2,(H2,23,25)(H,24,26). The van der Waals surface area contributed by atoms with Crippen LogP contribution in [0.25, 0.3) is 0 Å². The van der Waals surface area contributed by atoms with Crippen LogP contribution in [0.2, 0.25) is 10.0 Å². The fourth-order valence-corrected chi connectivity index (χ4v) is 3.13. The molecule has 1 atom stereocenters. The molecular weight excluding hydrogens is 403 g/mol. The van der Waals surface area contributed by atoms with Crippen LogP contribution in [0.3, 0.4) is 0 Å². The van der Waals surface area contributed by atoms with Gasteiger partial charge in [-0.15, -0.1) is 0 Å². The fraction of sp³-hybridized carbons (Fsp3) is 0.200. The van der Waals surface area contributed by atoms with Crippen LogP contribution in [0, 0.1) is 0 Å². The Bertz CT molecular complexity index is 930. The van der Waals surface area contributed by atoms with E-state index >= 15 is 0 Å². The molecule has 8 heteroatoms. The molecule has 0 saturated carbocycles. The van der Waals surface area contributed by atoms with E-state index in [4.69, 9.17) is 38.4 Å². The Hall–Kier alpha value is -2.70. The Morgan fingerprint density at radius 3 is 2.39 bits per heavy atom. The molecule has 2 bridgehead atoms. The number of nitrogens with one attached hydrogen (secondary N) is 1. The number of primary amides is 1. The van der Waals surface area contributed by atoms with E-state index < -0.39 is 17.9 Å². The van der Waals surface area contributed by atoms with Crippen molar-refractivity contribution in [2.75, 3.05) is 13.2 Å². The average molecular weight is 421 g/mol. The van der Waals surface area contributed by atoms with Crippen molar-refractivity contribution in [3.63, 3.8) is 0 Å². The first kappa shape index (κ1) is 20.0. The third-order valence-electron chi connectivity index (χ3n) is 4.11. The average Bonchev–Trinajstić information content (AvgIpc) is 2.65. The molecule has 146 valence electrons. The van der Waals surface area contributed by atoms with Crippen LogP contribution in [0.4, 0.5) is 0 Å². The summed E-state index contributed by atoms with van der Waals surface area (Å²) < 4.78 is 11.3. The van der Waals surface area contributed by atoms with Gasteiger partial charge in [0, 0.05) is 11.4 Å². The summed E-state index contributed by atoms with van der Waals surface area (Å²) in [6.45, 7) is 0.525. The minimum atomic E-state index is -0.935. The number of hydrogen-bond donors (Lipinski definition) is 2. The SMILES string of the molecule is NC(=O)C1Cc2ccc(c(Cl)c2)OCC=CCOc2ccc(Cl)cc2C(=O)N1. The van der Waals surface area contributed by atoms with Gasteiger partial charge in [0.05, 0.1) is 10.6 Å². The lowest BCUT2D eigenvalue weighted by Gasteiger charge is -2.18. The van der Waals surface area contributed by atoms with E-state index in [1.807, 2.05) is 0 Å². The largest absolute Gasteiger partial charge is 0.489 e. The molecule has 0 spiro atoms. The molecule has 28 heavy (non-hydrogen) atoms. The Balaban J connectivity index is 1.96. The molecule has 2 aliphatic heterocycles. The molecule has 0 aromatic heterocycles. The third-order valence-corrected chi connectivity index (χ3v) is 4.64. The number of amides is 2. The maximum Gasteiger partial charge on any atom is 0.255 e. The second kappa shape index (κ2) is 8.99. The summed E-state index contributed by atoms with van der Waals surface area (Å²) in [6, 6.07) is 8.93. The smallest absolute Gasteiger partial charge is 0.255 e. The first-order chi connectivity index (χ1) is 13.4. The molecule has 0 aliphatic carbocycles. The maximum atomic E-state index is 12.8. The summed E-state index contributed by atoms with van der Waals surface area (Å²) in [7, 11) is 0. The molecule has 2 heterocycles. The number of carbonyl (C=O) groups is 2. The summed E-state index contributed by atoms with van der Waals surface area (Å²) >= 11 is 12.3. The van der Waals surface area contributed by atoms with Gasteiger partial charge in [0.1, 0.15) is 30.8 Å². The zero-order valence-electron chi connectivity index (χ0n) is 14.8. The van der Waals surface area contributed by atoms with Crippen molar-refractivity contribution in [2.24, 2.45) is 5.73 Å². The molecule has 0 radical (unpaired) electrons. The van der Waals surface area contributed by atoms with Crippen LogP contribution >= 0.6 is 23.2 Å². The number of carbonyl (C=O) groups excluding carboxylic acids is 2. The predicted molar refractivity (Wildman–Crippen MR) is 107 cm³/mol. The fourth-order valence-electron chi connectivity index (χ4n) is 2.70. The van der Waals surface area contributed by atoms with E-state index in [0.29, 0.717) is 28.2 Å². The summed E-state index contributed by atoms with van der Waals surface area (Å²) in [5, 5.41) is 3.42. The number of fused-ring (bicyclic) bond motifs is 9. The lowest BCUT2D eigenvalue weighted by molar-refractivity contribution is -0.119. The van der Waals surface area contributed by atoms with E-state index in [-0.39, 0.29) is 18.6 Å². The number of nitrogens with two attached hydrogens (primary N) is 1. The van der Waals surface area contributed by atoms with Gasteiger partial charge in [-0.3, -0.25) is 9.59 Å². The number of halogens is 2. The summed E-state index contributed by atoms with van der Waals surface area (Å²) in [5.74, 6) is -0.321. The number of hydrogen-bond acceptors (Lipinski definition) is 4. The van der Waals surface area contributed by atoms with E-state index in [9.17, 15) is 9.59 Å². The van der Waals surface area contributed by atoms with Gasteiger partial charge < -0.3 is 20.5 Å². The first-order valence-corrected chi connectivity index (χ1v) is 9.28. The van der Waals surface area contributed by atoms with Gasteiger partial charge in [0.25, 0.3) is 5.91 Å². The molecule has 0 saturated heterocycles. The maximum absolute atomic E-state index is 12.8. The Morgan fingerprint density at radius 1 is 1.04 bits per heavy atom. The lowest BCUT2D eigenvalue weighted by Crippen LogP contribution is -2.46. The second-order valence-electron chi connectivity index (χ2n) is 6.13. The zero-order valence-corrected chi connectivity index (χ0v) is 16.3. The Kier molecular flexibility index (Phi) is 6.44.